The first-order chi connectivity index (χ1) is 14.1. The van der Waals surface area contributed by atoms with E-state index in [-0.39, 0.29) is 12.2 Å². The number of aliphatic hydroxyl groups is 1. The molecule has 0 heterocycles. The standard InChI is InChI=1S/C25H48O4/c1-3-4-5-6-7-8-9-10-11-12-13-14-15-16-17-18-19-23(26)20-21-24(27)22-25(28)29-2/h24,27H,3-22H2,1-2H3. The first-order valence-electron chi connectivity index (χ1n) is 12.4. The van der Waals surface area contributed by atoms with Crippen molar-refractivity contribution in [1.82, 2.24) is 0 Å². The van der Waals surface area contributed by atoms with E-state index in [2.05, 4.69) is 11.7 Å². The van der Waals surface area contributed by atoms with Crippen molar-refractivity contribution in [2.75, 3.05) is 7.11 Å². The molecule has 0 aliphatic heterocycles. The van der Waals surface area contributed by atoms with Crippen LogP contribution in [0.4, 0.5) is 0 Å². The number of rotatable bonds is 22. The lowest BCUT2D eigenvalue weighted by Crippen LogP contribution is -2.16. The number of ether oxygens (including phenoxy) is 1. The van der Waals surface area contributed by atoms with Crippen molar-refractivity contribution >= 4 is 11.8 Å². The van der Waals surface area contributed by atoms with Crippen LogP contribution in [0.25, 0.3) is 0 Å². The van der Waals surface area contributed by atoms with Crippen molar-refractivity contribution in [3.05, 3.63) is 0 Å². The lowest BCUT2D eigenvalue weighted by atomic mass is 10.0. The highest BCUT2D eigenvalue weighted by atomic mass is 16.5. The number of aliphatic hydroxyl groups excluding tert-OH is 1. The van der Waals surface area contributed by atoms with Crippen LogP contribution in [-0.2, 0) is 14.3 Å². The van der Waals surface area contributed by atoms with Gasteiger partial charge in [0, 0.05) is 12.8 Å². The zero-order valence-electron chi connectivity index (χ0n) is 19.4. The Morgan fingerprint density at radius 2 is 1.10 bits per heavy atom. The molecule has 1 unspecified atom stereocenters. The Morgan fingerprint density at radius 1 is 0.690 bits per heavy atom. The van der Waals surface area contributed by atoms with E-state index in [1.54, 1.807) is 0 Å². The smallest absolute Gasteiger partial charge is 0.308 e. The van der Waals surface area contributed by atoms with Gasteiger partial charge in [-0.15, -0.1) is 0 Å². The van der Waals surface area contributed by atoms with Crippen molar-refractivity contribution in [2.45, 2.75) is 141 Å². The van der Waals surface area contributed by atoms with Crippen LogP contribution in [0, 0.1) is 0 Å². The predicted molar refractivity (Wildman–Crippen MR) is 121 cm³/mol. The number of esters is 1. The molecular weight excluding hydrogens is 364 g/mol. The molecule has 0 aliphatic carbocycles. The van der Waals surface area contributed by atoms with Crippen molar-refractivity contribution in [3.8, 4) is 0 Å². The van der Waals surface area contributed by atoms with Gasteiger partial charge >= 0.3 is 5.97 Å². The third-order valence-electron chi connectivity index (χ3n) is 5.70. The second kappa shape index (κ2) is 21.8. The normalized spacial score (nSPS) is 12.1. The molecule has 0 aromatic rings. The maximum absolute atomic E-state index is 11.8. The molecule has 4 nitrogen and oxygen atoms in total. The fourth-order valence-electron chi connectivity index (χ4n) is 3.70. The highest BCUT2D eigenvalue weighted by molar-refractivity contribution is 5.78. The number of carbonyl (C=O) groups is 2. The summed E-state index contributed by atoms with van der Waals surface area (Å²) < 4.78 is 4.51. The Kier molecular flexibility index (Phi) is 21.1. The molecule has 0 aliphatic rings. The second-order valence-corrected chi connectivity index (χ2v) is 8.56. The zero-order valence-corrected chi connectivity index (χ0v) is 19.4. The van der Waals surface area contributed by atoms with Crippen LogP contribution in [-0.4, -0.2) is 30.1 Å². The molecule has 4 heteroatoms. The van der Waals surface area contributed by atoms with E-state index in [0.29, 0.717) is 19.3 Å². The molecule has 0 aromatic heterocycles. The number of unbranched alkanes of at least 4 members (excludes halogenated alkanes) is 15. The summed E-state index contributed by atoms with van der Waals surface area (Å²) in [6.45, 7) is 2.27. The van der Waals surface area contributed by atoms with Gasteiger partial charge in [-0.1, -0.05) is 103 Å². The highest BCUT2D eigenvalue weighted by Gasteiger charge is 2.12. The Labute approximate surface area is 180 Å². The molecule has 29 heavy (non-hydrogen) atoms. The van der Waals surface area contributed by atoms with Crippen LogP contribution < -0.4 is 0 Å². The predicted octanol–water partition coefficient (Wildman–Crippen LogP) is 6.91. The maximum Gasteiger partial charge on any atom is 0.308 e. The number of hydrogen-bond donors (Lipinski definition) is 1. The minimum absolute atomic E-state index is 0.0250. The average molecular weight is 413 g/mol. The van der Waals surface area contributed by atoms with Crippen LogP contribution in [0.1, 0.15) is 135 Å². The summed E-state index contributed by atoms with van der Waals surface area (Å²) >= 11 is 0. The molecule has 1 N–H and O–H groups in total. The molecule has 172 valence electrons. The summed E-state index contributed by atoms with van der Waals surface area (Å²) in [6, 6.07) is 0. The van der Waals surface area contributed by atoms with Gasteiger partial charge in [0.1, 0.15) is 5.78 Å². The van der Waals surface area contributed by atoms with E-state index < -0.39 is 12.1 Å². The van der Waals surface area contributed by atoms with Crippen molar-refractivity contribution < 1.29 is 19.4 Å². The van der Waals surface area contributed by atoms with Gasteiger partial charge in [-0.3, -0.25) is 9.59 Å². The van der Waals surface area contributed by atoms with Gasteiger partial charge in [-0.25, -0.2) is 0 Å². The first kappa shape index (κ1) is 28.1. The van der Waals surface area contributed by atoms with Crippen LogP contribution >= 0.6 is 0 Å². The number of carbonyl (C=O) groups excluding carboxylic acids is 2. The molecule has 0 spiro atoms. The lowest BCUT2D eigenvalue weighted by Gasteiger charge is -2.08. The minimum Gasteiger partial charge on any atom is -0.469 e. The SMILES string of the molecule is CCCCCCCCCCCCCCCCCCC(=O)CCC(O)CC(=O)OC. The molecule has 0 bridgehead atoms. The Bertz CT molecular complexity index is 381. The average Bonchev–Trinajstić information content (AvgIpc) is 2.71. The number of ketones is 1. The Morgan fingerprint density at radius 3 is 1.52 bits per heavy atom. The maximum atomic E-state index is 11.8. The van der Waals surface area contributed by atoms with E-state index in [0.717, 1.165) is 12.8 Å². The van der Waals surface area contributed by atoms with Gasteiger partial charge in [-0.05, 0) is 12.8 Å². The van der Waals surface area contributed by atoms with Gasteiger partial charge < -0.3 is 9.84 Å². The number of hydrogen-bond acceptors (Lipinski definition) is 4. The highest BCUT2D eigenvalue weighted by Crippen LogP contribution is 2.14. The van der Waals surface area contributed by atoms with Crippen molar-refractivity contribution in [1.29, 1.82) is 0 Å². The van der Waals surface area contributed by atoms with Gasteiger partial charge in [0.25, 0.3) is 0 Å². The van der Waals surface area contributed by atoms with E-state index in [4.69, 9.17) is 0 Å². The topological polar surface area (TPSA) is 63.6 Å². The second-order valence-electron chi connectivity index (χ2n) is 8.56. The fraction of sp³-hybridized carbons (Fsp3) is 0.920. The van der Waals surface area contributed by atoms with Crippen LogP contribution in [0.3, 0.4) is 0 Å². The Hall–Kier alpha value is -0.900. The summed E-state index contributed by atoms with van der Waals surface area (Å²) in [4.78, 5) is 22.9. The molecule has 0 fully saturated rings. The van der Waals surface area contributed by atoms with E-state index in [1.165, 1.54) is 97.0 Å². The molecule has 0 saturated heterocycles. The molecule has 0 aromatic carbocycles. The van der Waals surface area contributed by atoms with E-state index in [1.807, 2.05) is 0 Å². The van der Waals surface area contributed by atoms with Gasteiger partial charge in [0.05, 0.1) is 19.6 Å². The lowest BCUT2D eigenvalue weighted by molar-refractivity contribution is -0.143. The summed E-state index contributed by atoms with van der Waals surface area (Å²) in [5, 5.41) is 9.66. The van der Waals surface area contributed by atoms with Gasteiger partial charge in [0.15, 0.2) is 0 Å². The summed E-state index contributed by atoms with van der Waals surface area (Å²) in [5.74, 6) is -0.234. The van der Waals surface area contributed by atoms with Crippen molar-refractivity contribution in [2.24, 2.45) is 0 Å². The van der Waals surface area contributed by atoms with Gasteiger partial charge in [0.2, 0.25) is 0 Å². The number of methoxy groups -OCH3 is 1. The van der Waals surface area contributed by atoms with Crippen LogP contribution in [0.15, 0.2) is 0 Å². The summed E-state index contributed by atoms with van der Waals surface area (Å²) in [7, 11) is 1.30. The van der Waals surface area contributed by atoms with Crippen LogP contribution in [0.5, 0.6) is 0 Å². The third kappa shape index (κ3) is 21.6. The Balaban J connectivity index is 3.25. The molecular formula is C25H48O4. The monoisotopic (exact) mass is 412 g/mol. The molecule has 0 rings (SSSR count). The number of Topliss-reactive ketones (excluding diaryl/α,β-unsaturated/α-hetero) is 1. The molecule has 0 saturated carbocycles. The quantitative estimate of drug-likeness (QED) is 0.155. The zero-order chi connectivity index (χ0) is 21.6. The van der Waals surface area contributed by atoms with Gasteiger partial charge in [-0.2, -0.15) is 0 Å². The molecule has 0 amide bonds. The van der Waals surface area contributed by atoms with Crippen LogP contribution in [0.2, 0.25) is 0 Å². The summed E-state index contributed by atoms with van der Waals surface area (Å²) in [5.41, 5.74) is 0. The van der Waals surface area contributed by atoms with E-state index in [9.17, 15) is 14.7 Å². The largest absolute Gasteiger partial charge is 0.469 e. The van der Waals surface area contributed by atoms with E-state index >= 15 is 0 Å². The molecule has 1 atom stereocenters. The van der Waals surface area contributed by atoms with Crippen molar-refractivity contribution in [3.63, 3.8) is 0 Å². The first-order valence-corrected chi connectivity index (χ1v) is 12.4. The summed E-state index contributed by atoms with van der Waals surface area (Å²) in [6.07, 6.45) is 21.8. The molecule has 0 radical (unpaired) electrons. The third-order valence-corrected chi connectivity index (χ3v) is 5.70. The minimum atomic E-state index is -0.766. The fourth-order valence-corrected chi connectivity index (χ4v) is 3.70.